The van der Waals surface area contributed by atoms with Crippen LogP contribution in [0.15, 0.2) is 48.7 Å². The van der Waals surface area contributed by atoms with Gasteiger partial charge in [-0.25, -0.2) is 9.97 Å². The number of benzene rings is 2. The molecule has 1 aliphatic heterocycles. The molecule has 0 bridgehead atoms. The highest BCUT2D eigenvalue weighted by atomic mass is 16.7. The van der Waals surface area contributed by atoms with Gasteiger partial charge in [-0.3, -0.25) is 9.59 Å². The molecule has 1 aliphatic rings. The van der Waals surface area contributed by atoms with E-state index in [2.05, 4.69) is 15.3 Å². The lowest BCUT2D eigenvalue weighted by Gasteiger charge is -2.08. The average Bonchev–Trinajstić information content (AvgIpc) is 3.21. The third kappa shape index (κ3) is 4.14. The van der Waals surface area contributed by atoms with Gasteiger partial charge >= 0.3 is 0 Å². The monoisotopic (exact) mass is 405 g/mol. The zero-order chi connectivity index (χ0) is 21.1. The van der Waals surface area contributed by atoms with Crippen molar-refractivity contribution in [1.29, 1.82) is 0 Å². The summed E-state index contributed by atoms with van der Waals surface area (Å²) >= 11 is 0. The lowest BCUT2D eigenvalue weighted by atomic mass is 10.1. The Hall–Kier alpha value is -4.14. The molecular weight excluding hydrogens is 386 g/mol. The summed E-state index contributed by atoms with van der Waals surface area (Å²) in [6, 6.07) is 12.7. The van der Waals surface area contributed by atoms with Gasteiger partial charge in [0.25, 0.3) is 11.8 Å². The number of ether oxygens (including phenoxy) is 2. The predicted molar refractivity (Wildman–Crippen MR) is 108 cm³/mol. The Morgan fingerprint density at radius 2 is 1.90 bits per heavy atom. The first kappa shape index (κ1) is 19.2. The smallest absolute Gasteiger partial charge is 0.271 e. The molecule has 2 heterocycles. The van der Waals surface area contributed by atoms with E-state index in [1.807, 2.05) is 24.3 Å². The Bertz CT molecular complexity index is 1130. The maximum Gasteiger partial charge on any atom is 0.271 e. The first-order valence-electron chi connectivity index (χ1n) is 9.16. The second kappa shape index (κ2) is 8.08. The molecule has 152 valence electrons. The molecule has 0 saturated heterocycles. The fraction of sp³-hybridized carbons (Fsp3) is 0.143. The van der Waals surface area contributed by atoms with Gasteiger partial charge in [-0.2, -0.15) is 0 Å². The SMILES string of the molecule is NC(=O)c1nc(Cc2cccc(C(=O)NCc3ccc4c(c3)OCO4)c2)cnc1N. The van der Waals surface area contributed by atoms with Crippen LogP contribution >= 0.6 is 0 Å². The normalized spacial score (nSPS) is 11.9. The van der Waals surface area contributed by atoms with E-state index in [4.69, 9.17) is 20.9 Å². The highest BCUT2D eigenvalue weighted by molar-refractivity contribution is 5.95. The Morgan fingerprint density at radius 3 is 2.73 bits per heavy atom. The molecule has 1 aromatic heterocycles. The number of nitrogens with zero attached hydrogens (tertiary/aromatic N) is 2. The molecule has 2 aromatic carbocycles. The van der Waals surface area contributed by atoms with E-state index >= 15 is 0 Å². The summed E-state index contributed by atoms with van der Waals surface area (Å²) in [6.07, 6.45) is 1.85. The molecule has 0 fully saturated rings. The van der Waals surface area contributed by atoms with E-state index in [0.717, 1.165) is 11.1 Å². The fourth-order valence-electron chi connectivity index (χ4n) is 3.07. The number of rotatable bonds is 6. The van der Waals surface area contributed by atoms with Crippen molar-refractivity contribution in [3.05, 3.63) is 76.7 Å². The maximum absolute atomic E-state index is 12.6. The van der Waals surface area contributed by atoms with Crippen LogP contribution in [0, 0.1) is 0 Å². The lowest BCUT2D eigenvalue weighted by Crippen LogP contribution is -2.22. The fourth-order valence-corrected chi connectivity index (χ4v) is 3.07. The molecule has 0 spiro atoms. The van der Waals surface area contributed by atoms with Crippen LogP contribution in [0.1, 0.15) is 37.7 Å². The van der Waals surface area contributed by atoms with Gasteiger partial charge in [0, 0.05) is 18.5 Å². The minimum Gasteiger partial charge on any atom is -0.454 e. The van der Waals surface area contributed by atoms with Crippen molar-refractivity contribution in [2.45, 2.75) is 13.0 Å². The number of fused-ring (bicyclic) bond motifs is 1. The topological polar surface area (TPSA) is 142 Å². The summed E-state index contributed by atoms with van der Waals surface area (Å²) in [5.74, 6) is 0.406. The van der Waals surface area contributed by atoms with E-state index in [1.165, 1.54) is 6.20 Å². The summed E-state index contributed by atoms with van der Waals surface area (Å²) in [5, 5.41) is 2.89. The number of hydrogen-bond donors (Lipinski definition) is 3. The number of carbonyl (C=O) groups is 2. The molecule has 30 heavy (non-hydrogen) atoms. The second-order valence-corrected chi connectivity index (χ2v) is 6.71. The summed E-state index contributed by atoms with van der Waals surface area (Å²) in [5.41, 5.74) is 13.6. The van der Waals surface area contributed by atoms with E-state index in [1.54, 1.807) is 18.2 Å². The quantitative estimate of drug-likeness (QED) is 0.563. The molecule has 0 atom stereocenters. The van der Waals surface area contributed by atoms with Crippen LogP contribution in [0.2, 0.25) is 0 Å². The molecular formula is C21H19N5O4. The van der Waals surface area contributed by atoms with Crippen molar-refractivity contribution in [2.24, 2.45) is 5.73 Å². The number of aromatic nitrogens is 2. The number of carbonyl (C=O) groups excluding carboxylic acids is 2. The van der Waals surface area contributed by atoms with Gasteiger partial charge in [0.05, 0.1) is 11.9 Å². The molecule has 0 saturated carbocycles. The molecule has 0 unspecified atom stereocenters. The van der Waals surface area contributed by atoms with Crippen molar-refractivity contribution in [2.75, 3.05) is 12.5 Å². The molecule has 0 aliphatic carbocycles. The zero-order valence-corrected chi connectivity index (χ0v) is 15.9. The van der Waals surface area contributed by atoms with Crippen molar-refractivity contribution < 1.29 is 19.1 Å². The number of nitrogens with two attached hydrogens (primary N) is 2. The number of primary amides is 1. The van der Waals surface area contributed by atoms with E-state index in [9.17, 15) is 9.59 Å². The van der Waals surface area contributed by atoms with E-state index < -0.39 is 5.91 Å². The number of hydrogen-bond acceptors (Lipinski definition) is 7. The van der Waals surface area contributed by atoms with E-state index in [-0.39, 0.29) is 24.2 Å². The summed E-state index contributed by atoms with van der Waals surface area (Å²) in [7, 11) is 0. The maximum atomic E-state index is 12.6. The Labute approximate surface area is 172 Å². The van der Waals surface area contributed by atoms with Crippen LogP contribution < -0.4 is 26.3 Å². The average molecular weight is 405 g/mol. The summed E-state index contributed by atoms with van der Waals surface area (Å²) < 4.78 is 10.6. The molecule has 4 rings (SSSR count). The van der Waals surface area contributed by atoms with Crippen LogP contribution in [0.5, 0.6) is 11.5 Å². The molecule has 2 amide bonds. The minimum absolute atomic E-state index is 0.0112. The van der Waals surface area contributed by atoms with Gasteiger partial charge in [0.1, 0.15) is 0 Å². The Kier molecular flexibility index (Phi) is 5.17. The third-order valence-electron chi connectivity index (χ3n) is 4.55. The third-order valence-corrected chi connectivity index (χ3v) is 4.55. The van der Waals surface area contributed by atoms with Crippen molar-refractivity contribution >= 4 is 17.6 Å². The highest BCUT2D eigenvalue weighted by Crippen LogP contribution is 2.32. The number of nitrogens with one attached hydrogen (secondary N) is 1. The number of anilines is 1. The summed E-state index contributed by atoms with van der Waals surface area (Å²) in [6.45, 7) is 0.558. The van der Waals surface area contributed by atoms with Crippen LogP contribution in [0.3, 0.4) is 0 Å². The minimum atomic E-state index is -0.738. The zero-order valence-electron chi connectivity index (χ0n) is 15.9. The predicted octanol–water partition coefficient (Wildman–Crippen LogP) is 1.41. The van der Waals surface area contributed by atoms with Gasteiger partial charge < -0.3 is 26.3 Å². The van der Waals surface area contributed by atoms with E-state index in [0.29, 0.717) is 35.7 Å². The van der Waals surface area contributed by atoms with Crippen LogP contribution in [0.4, 0.5) is 5.82 Å². The standard InChI is InChI=1S/C21H19N5O4/c22-19-18(20(23)27)26-15(10-24-19)7-12-2-1-3-14(6-12)21(28)25-9-13-4-5-16-17(8-13)30-11-29-16/h1-6,8,10H,7,9,11H2,(H2,22,24)(H2,23,27)(H,25,28). The molecule has 3 aromatic rings. The Morgan fingerprint density at radius 1 is 1.07 bits per heavy atom. The highest BCUT2D eigenvalue weighted by Gasteiger charge is 2.14. The van der Waals surface area contributed by atoms with Gasteiger partial charge in [0.15, 0.2) is 23.0 Å². The number of nitrogen functional groups attached to an aromatic ring is 1. The van der Waals surface area contributed by atoms with Gasteiger partial charge in [-0.1, -0.05) is 18.2 Å². The molecule has 5 N–H and O–H groups in total. The van der Waals surface area contributed by atoms with Gasteiger partial charge in [-0.05, 0) is 35.4 Å². The van der Waals surface area contributed by atoms with Crippen molar-refractivity contribution in [1.82, 2.24) is 15.3 Å². The molecule has 9 nitrogen and oxygen atoms in total. The van der Waals surface area contributed by atoms with Gasteiger partial charge in [-0.15, -0.1) is 0 Å². The van der Waals surface area contributed by atoms with Gasteiger partial charge in [0.2, 0.25) is 6.79 Å². The Balaban J connectivity index is 1.43. The lowest BCUT2D eigenvalue weighted by molar-refractivity contribution is 0.0949. The van der Waals surface area contributed by atoms with Crippen molar-refractivity contribution in [3.8, 4) is 11.5 Å². The largest absolute Gasteiger partial charge is 0.454 e. The molecule has 0 radical (unpaired) electrons. The molecule has 9 heteroatoms. The van der Waals surface area contributed by atoms with Crippen LogP contribution in [-0.4, -0.2) is 28.6 Å². The van der Waals surface area contributed by atoms with Crippen molar-refractivity contribution in [3.63, 3.8) is 0 Å². The second-order valence-electron chi connectivity index (χ2n) is 6.71. The van der Waals surface area contributed by atoms with Crippen LogP contribution in [-0.2, 0) is 13.0 Å². The first-order chi connectivity index (χ1) is 14.5. The number of amides is 2. The summed E-state index contributed by atoms with van der Waals surface area (Å²) in [4.78, 5) is 32.1. The first-order valence-corrected chi connectivity index (χ1v) is 9.16. The van der Waals surface area contributed by atoms with Crippen LogP contribution in [0.25, 0.3) is 0 Å².